The SMILES string of the molecule is Cc1nnn(Cc2cc(C(F)(F)F)ccc2/C=C/C(=O)N2CCN(Cc3cnn(C)c3)CC2C)n1. The van der Waals surface area contributed by atoms with Gasteiger partial charge < -0.3 is 4.90 Å². The number of benzene rings is 1. The summed E-state index contributed by atoms with van der Waals surface area (Å²) in [7, 11) is 1.88. The highest BCUT2D eigenvalue weighted by Crippen LogP contribution is 2.31. The zero-order valence-electron chi connectivity index (χ0n) is 19.8. The number of halogens is 3. The summed E-state index contributed by atoms with van der Waals surface area (Å²) < 4.78 is 41.6. The quantitative estimate of drug-likeness (QED) is 0.496. The molecule has 1 saturated heterocycles. The van der Waals surface area contributed by atoms with Crippen molar-refractivity contribution in [1.29, 1.82) is 0 Å². The Hall–Kier alpha value is -3.54. The maximum absolute atomic E-state index is 13.3. The second-order valence-electron chi connectivity index (χ2n) is 8.75. The lowest BCUT2D eigenvalue weighted by atomic mass is 10.0. The molecule has 2 aromatic heterocycles. The van der Waals surface area contributed by atoms with E-state index in [2.05, 4.69) is 25.4 Å². The zero-order chi connectivity index (χ0) is 25.2. The molecule has 0 bridgehead atoms. The van der Waals surface area contributed by atoms with Crippen LogP contribution in [0.2, 0.25) is 0 Å². The lowest BCUT2D eigenvalue weighted by molar-refractivity contribution is -0.137. The molecule has 186 valence electrons. The van der Waals surface area contributed by atoms with Gasteiger partial charge in [0.05, 0.1) is 18.3 Å². The van der Waals surface area contributed by atoms with E-state index in [1.165, 1.54) is 16.9 Å². The van der Waals surface area contributed by atoms with Crippen molar-refractivity contribution in [2.75, 3.05) is 19.6 Å². The molecule has 0 aliphatic carbocycles. The van der Waals surface area contributed by atoms with Gasteiger partial charge >= 0.3 is 6.18 Å². The normalized spacial score (nSPS) is 17.4. The van der Waals surface area contributed by atoms with Crippen molar-refractivity contribution in [3.63, 3.8) is 0 Å². The lowest BCUT2D eigenvalue weighted by Gasteiger charge is -2.39. The largest absolute Gasteiger partial charge is 0.416 e. The van der Waals surface area contributed by atoms with Crippen LogP contribution < -0.4 is 0 Å². The van der Waals surface area contributed by atoms with Crippen molar-refractivity contribution in [2.45, 2.75) is 39.2 Å². The van der Waals surface area contributed by atoms with E-state index in [4.69, 9.17) is 0 Å². The third-order valence-corrected chi connectivity index (χ3v) is 5.90. The first-order valence-corrected chi connectivity index (χ1v) is 11.2. The van der Waals surface area contributed by atoms with E-state index < -0.39 is 11.7 Å². The van der Waals surface area contributed by atoms with E-state index >= 15 is 0 Å². The highest BCUT2D eigenvalue weighted by Gasteiger charge is 2.31. The van der Waals surface area contributed by atoms with Crippen molar-refractivity contribution < 1.29 is 18.0 Å². The maximum atomic E-state index is 13.3. The number of alkyl halides is 3. The van der Waals surface area contributed by atoms with Crippen LogP contribution in [0.4, 0.5) is 13.2 Å². The predicted octanol–water partition coefficient (Wildman–Crippen LogP) is 2.53. The van der Waals surface area contributed by atoms with E-state index in [-0.39, 0.29) is 18.5 Å². The number of carbonyl (C=O) groups is 1. The topological polar surface area (TPSA) is 85.0 Å². The molecule has 0 N–H and O–H groups in total. The fourth-order valence-corrected chi connectivity index (χ4v) is 4.20. The Kier molecular flexibility index (Phi) is 7.01. The monoisotopic (exact) mass is 488 g/mol. The molecule has 1 aromatic carbocycles. The summed E-state index contributed by atoms with van der Waals surface area (Å²) in [5.41, 5.74) is 1.18. The number of carbonyl (C=O) groups excluding carboxylic acids is 1. The van der Waals surface area contributed by atoms with Gasteiger partial charge in [0, 0.05) is 57.1 Å². The van der Waals surface area contributed by atoms with Crippen LogP contribution in [-0.2, 0) is 31.1 Å². The standard InChI is InChI=1S/C23H27F3N8O/c1-16-12-32(14-18-11-27-31(3)13-18)8-9-33(16)22(35)7-5-19-4-6-21(23(24,25)26)10-20(19)15-34-29-17(2)28-30-34/h4-7,10-11,13,16H,8-9,12,14-15H2,1-3H3/b7-5+. The first kappa shape index (κ1) is 24.6. The van der Waals surface area contributed by atoms with E-state index in [1.54, 1.807) is 22.6 Å². The van der Waals surface area contributed by atoms with Crippen molar-refractivity contribution >= 4 is 12.0 Å². The predicted molar refractivity (Wildman–Crippen MR) is 122 cm³/mol. The van der Waals surface area contributed by atoms with Gasteiger partial charge in [0.15, 0.2) is 5.82 Å². The number of aromatic nitrogens is 6. The number of hydrogen-bond acceptors (Lipinski definition) is 6. The Balaban J connectivity index is 1.46. The number of tetrazole rings is 1. The van der Waals surface area contributed by atoms with E-state index in [1.807, 2.05) is 26.4 Å². The second kappa shape index (κ2) is 9.98. The van der Waals surface area contributed by atoms with Gasteiger partial charge in [-0.1, -0.05) is 6.07 Å². The Morgan fingerprint density at radius 1 is 1.23 bits per heavy atom. The summed E-state index contributed by atoms with van der Waals surface area (Å²) in [5.74, 6) is 0.236. The van der Waals surface area contributed by atoms with Gasteiger partial charge in [-0.05, 0) is 48.4 Å². The molecule has 0 radical (unpaired) electrons. The number of amides is 1. The summed E-state index contributed by atoms with van der Waals surface area (Å²) >= 11 is 0. The van der Waals surface area contributed by atoms with Gasteiger partial charge in [0.1, 0.15) is 0 Å². The molecule has 9 nitrogen and oxygen atoms in total. The fraction of sp³-hybridized carbons (Fsp3) is 0.435. The third kappa shape index (κ3) is 6.13. The van der Waals surface area contributed by atoms with Crippen molar-refractivity contribution in [1.82, 2.24) is 39.8 Å². The average molecular weight is 489 g/mol. The molecule has 35 heavy (non-hydrogen) atoms. The van der Waals surface area contributed by atoms with Crippen molar-refractivity contribution in [3.05, 3.63) is 64.7 Å². The van der Waals surface area contributed by atoms with Crippen LogP contribution in [0.1, 0.15) is 35.0 Å². The van der Waals surface area contributed by atoms with E-state index in [9.17, 15) is 18.0 Å². The Morgan fingerprint density at radius 3 is 2.66 bits per heavy atom. The first-order chi connectivity index (χ1) is 16.6. The molecular weight excluding hydrogens is 461 g/mol. The molecule has 1 atom stereocenters. The van der Waals surface area contributed by atoms with Gasteiger partial charge in [-0.2, -0.15) is 23.1 Å². The molecule has 3 aromatic rings. The van der Waals surface area contributed by atoms with Gasteiger partial charge in [0.2, 0.25) is 5.91 Å². The summed E-state index contributed by atoms with van der Waals surface area (Å²) in [4.78, 5) is 18.2. The zero-order valence-corrected chi connectivity index (χ0v) is 19.8. The molecule has 0 saturated carbocycles. The molecule has 1 aliphatic rings. The summed E-state index contributed by atoms with van der Waals surface area (Å²) in [5, 5.41) is 15.9. The van der Waals surface area contributed by atoms with Gasteiger partial charge in [0.25, 0.3) is 0 Å². The number of piperazine rings is 1. The van der Waals surface area contributed by atoms with Crippen LogP contribution in [-0.4, -0.2) is 71.4 Å². The minimum atomic E-state index is -4.48. The summed E-state index contributed by atoms with van der Waals surface area (Å²) in [6, 6.07) is 3.42. The van der Waals surface area contributed by atoms with Crippen molar-refractivity contribution in [3.8, 4) is 0 Å². The maximum Gasteiger partial charge on any atom is 0.416 e. The van der Waals surface area contributed by atoms with E-state index in [0.29, 0.717) is 23.5 Å². The van der Waals surface area contributed by atoms with Crippen molar-refractivity contribution in [2.24, 2.45) is 7.05 Å². The van der Waals surface area contributed by atoms with E-state index in [0.717, 1.165) is 37.3 Å². The third-order valence-electron chi connectivity index (χ3n) is 5.90. The highest BCUT2D eigenvalue weighted by atomic mass is 19.4. The van der Waals surface area contributed by atoms with Crippen LogP contribution in [0.5, 0.6) is 0 Å². The number of rotatable bonds is 6. The minimum Gasteiger partial charge on any atom is -0.334 e. The Morgan fingerprint density at radius 2 is 2.03 bits per heavy atom. The molecule has 1 fully saturated rings. The molecule has 0 spiro atoms. The van der Waals surface area contributed by atoms with Crippen LogP contribution in [0.25, 0.3) is 6.08 Å². The number of hydrogen-bond donors (Lipinski definition) is 0. The van der Waals surface area contributed by atoms with Crippen LogP contribution in [0, 0.1) is 6.92 Å². The van der Waals surface area contributed by atoms with Crippen LogP contribution in [0.15, 0.2) is 36.7 Å². The molecule has 12 heteroatoms. The second-order valence-corrected chi connectivity index (χ2v) is 8.75. The molecule has 1 unspecified atom stereocenters. The van der Waals surface area contributed by atoms with Gasteiger partial charge in [-0.3, -0.25) is 14.4 Å². The smallest absolute Gasteiger partial charge is 0.334 e. The molecular formula is C23H27F3N8O. The van der Waals surface area contributed by atoms with Crippen LogP contribution >= 0.6 is 0 Å². The summed E-state index contributed by atoms with van der Waals surface area (Å²) in [6.45, 7) is 6.41. The Labute approximate surface area is 200 Å². The summed E-state index contributed by atoms with van der Waals surface area (Å²) in [6.07, 6.45) is 2.30. The fourth-order valence-electron chi connectivity index (χ4n) is 4.20. The highest BCUT2D eigenvalue weighted by molar-refractivity contribution is 5.92. The Bertz CT molecular complexity index is 1220. The molecule has 1 amide bonds. The number of aryl methyl sites for hydroxylation is 2. The van der Waals surface area contributed by atoms with Gasteiger partial charge in [-0.15, -0.1) is 10.2 Å². The minimum absolute atomic E-state index is 0.00203. The van der Waals surface area contributed by atoms with Crippen LogP contribution in [0.3, 0.4) is 0 Å². The lowest BCUT2D eigenvalue weighted by Crippen LogP contribution is -2.53. The van der Waals surface area contributed by atoms with Gasteiger partial charge in [-0.25, -0.2) is 0 Å². The average Bonchev–Trinajstić information content (AvgIpc) is 3.39. The molecule has 4 rings (SSSR count). The molecule has 1 aliphatic heterocycles. The number of nitrogens with zero attached hydrogens (tertiary/aromatic N) is 8. The molecule has 3 heterocycles. The first-order valence-electron chi connectivity index (χ1n) is 11.2.